The maximum absolute atomic E-state index is 12.4. The largest absolute Gasteiger partial charge is 0.335 e. The summed E-state index contributed by atoms with van der Waals surface area (Å²) in [6, 6.07) is 8.89. The van der Waals surface area contributed by atoms with E-state index < -0.39 is 5.66 Å². The quantitative estimate of drug-likeness (QED) is 0.602. The van der Waals surface area contributed by atoms with Crippen LogP contribution in [0.15, 0.2) is 34.5 Å². The monoisotopic (exact) mass is 386 g/mol. The summed E-state index contributed by atoms with van der Waals surface area (Å²) in [5.74, 6) is 0. The van der Waals surface area contributed by atoms with Crippen molar-refractivity contribution < 1.29 is 4.79 Å². The number of nitrogens with one attached hydrogen (secondary N) is 2. The van der Waals surface area contributed by atoms with Gasteiger partial charge in [0.05, 0.1) is 5.54 Å². The number of hydrogen-bond acceptors (Lipinski definition) is 3. The fraction of sp³-hybridized carbons (Fsp3) is 0.696. The van der Waals surface area contributed by atoms with Crippen molar-refractivity contribution in [2.24, 2.45) is 10.2 Å². The lowest BCUT2D eigenvalue weighted by molar-refractivity contribution is 0.211. The molecule has 28 heavy (non-hydrogen) atoms. The van der Waals surface area contributed by atoms with Crippen LogP contribution in [0.2, 0.25) is 0 Å². The van der Waals surface area contributed by atoms with E-state index in [4.69, 9.17) is 0 Å². The highest BCUT2D eigenvalue weighted by molar-refractivity contribution is 5.75. The molecule has 0 aromatic heterocycles. The van der Waals surface area contributed by atoms with Crippen LogP contribution in [0.4, 0.5) is 4.79 Å². The molecule has 0 aliphatic heterocycles. The van der Waals surface area contributed by atoms with Crippen LogP contribution in [0.3, 0.4) is 0 Å². The summed E-state index contributed by atoms with van der Waals surface area (Å²) in [4.78, 5) is 12.4. The molecule has 1 aliphatic carbocycles. The average molecular weight is 387 g/mol. The molecule has 1 unspecified atom stereocenters. The number of hydrogen-bond donors (Lipinski definition) is 2. The van der Waals surface area contributed by atoms with Crippen molar-refractivity contribution in [2.75, 3.05) is 0 Å². The number of urea groups is 1. The molecule has 0 saturated heterocycles. The Bertz CT molecular complexity index is 678. The molecule has 5 heteroatoms. The van der Waals surface area contributed by atoms with Crippen LogP contribution in [0.1, 0.15) is 85.3 Å². The predicted molar refractivity (Wildman–Crippen MR) is 116 cm³/mol. The lowest BCUT2D eigenvalue weighted by Crippen LogP contribution is -2.53. The van der Waals surface area contributed by atoms with E-state index in [1.54, 1.807) is 0 Å². The van der Waals surface area contributed by atoms with Crippen LogP contribution < -0.4 is 10.6 Å². The van der Waals surface area contributed by atoms with Crippen LogP contribution in [0.5, 0.6) is 0 Å². The van der Waals surface area contributed by atoms with E-state index in [9.17, 15) is 4.79 Å². The van der Waals surface area contributed by atoms with E-state index >= 15 is 0 Å². The molecule has 1 aromatic rings. The second-order valence-corrected chi connectivity index (χ2v) is 10.3. The molecule has 0 bridgehead atoms. The van der Waals surface area contributed by atoms with E-state index in [0.717, 1.165) is 19.3 Å². The summed E-state index contributed by atoms with van der Waals surface area (Å²) in [6.45, 7) is 14.6. The minimum Gasteiger partial charge on any atom is -0.335 e. The van der Waals surface area contributed by atoms with Gasteiger partial charge in [0.2, 0.25) is 0 Å². The number of azo groups is 1. The first-order chi connectivity index (χ1) is 12.9. The van der Waals surface area contributed by atoms with Crippen molar-refractivity contribution in [1.29, 1.82) is 0 Å². The highest BCUT2D eigenvalue weighted by Gasteiger charge is 2.29. The van der Waals surface area contributed by atoms with Gasteiger partial charge in [-0.2, -0.15) is 10.2 Å². The molecule has 0 radical (unpaired) electrons. The normalized spacial score (nSPS) is 17.8. The van der Waals surface area contributed by atoms with Crippen molar-refractivity contribution in [3.05, 3.63) is 35.4 Å². The number of amides is 2. The molecule has 1 atom stereocenters. The second kappa shape index (κ2) is 8.62. The van der Waals surface area contributed by atoms with E-state index in [0.29, 0.717) is 12.5 Å². The Morgan fingerprint density at radius 3 is 2.07 bits per heavy atom. The maximum Gasteiger partial charge on any atom is 0.316 e. The SMILES string of the molecule is CC(C)(C)/N=N/C(C)(CCc1ccc(C(C)(C)C)cc1)NC(=O)NC1CCC1. The summed E-state index contributed by atoms with van der Waals surface area (Å²) in [6.07, 6.45) is 4.84. The van der Waals surface area contributed by atoms with Crippen LogP contribution in [-0.2, 0) is 11.8 Å². The molecule has 156 valence electrons. The van der Waals surface area contributed by atoms with Crippen LogP contribution >= 0.6 is 0 Å². The first kappa shape index (κ1) is 22.4. The van der Waals surface area contributed by atoms with Crippen molar-refractivity contribution in [3.63, 3.8) is 0 Å². The third-order valence-electron chi connectivity index (χ3n) is 5.11. The van der Waals surface area contributed by atoms with E-state index in [1.807, 2.05) is 27.7 Å². The first-order valence-electron chi connectivity index (χ1n) is 10.5. The molecule has 1 saturated carbocycles. The van der Waals surface area contributed by atoms with Gasteiger partial charge in [-0.25, -0.2) is 4.79 Å². The third-order valence-corrected chi connectivity index (χ3v) is 5.11. The molecule has 1 aliphatic rings. The van der Waals surface area contributed by atoms with Crippen molar-refractivity contribution in [3.8, 4) is 0 Å². The zero-order chi connectivity index (χ0) is 21.0. The van der Waals surface area contributed by atoms with Crippen LogP contribution in [-0.4, -0.2) is 23.3 Å². The van der Waals surface area contributed by atoms with Crippen molar-refractivity contribution >= 4 is 6.03 Å². The summed E-state index contributed by atoms with van der Waals surface area (Å²) in [5, 5.41) is 15.1. The number of rotatable bonds is 6. The van der Waals surface area contributed by atoms with Gasteiger partial charge in [0.25, 0.3) is 0 Å². The maximum atomic E-state index is 12.4. The minimum absolute atomic E-state index is 0.148. The van der Waals surface area contributed by atoms with Gasteiger partial charge in [-0.3, -0.25) is 0 Å². The summed E-state index contributed by atoms with van der Waals surface area (Å²) >= 11 is 0. The second-order valence-electron chi connectivity index (χ2n) is 10.3. The van der Waals surface area contributed by atoms with Gasteiger partial charge in [-0.05, 0) is 76.3 Å². The Morgan fingerprint density at radius 1 is 1.00 bits per heavy atom. The predicted octanol–water partition coefficient (Wildman–Crippen LogP) is 5.74. The van der Waals surface area contributed by atoms with E-state index in [1.165, 1.54) is 17.5 Å². The van der Waals surface area contributed by atoms with Crippen LogP contribution in [0, 0.1) is 0 Å². The standard InChI is InChI=1S/C23H38N4O/c1-21(2,3)18-13-11-17(12-14-18)15-16-23(7,27-26-22(4,5)6)25-20(28)24-19-9-8-10-19/h11-14,19H,8-10,15-16H2,1-7H3,(H2,24,25,28)/b27-26+. The van der Waals surface area contributed by atoms with E-state index in [-0.39, 0.29) is 17.0 Å². The molecule has 2 rings (SSSR count). The topological polar surface area (TPSA) is 65.8 Å². The minimum atomic E-state index is -0.732. The molecule has 1 fully saturated rings. The van der Waals surface area contributed by atoms with Crippen LogP contribution in [0.25, 0.3) is 0 Å². The molecule has 2 N–H and O–H groups in total. The molecule has 5 nitrogen and oxygen atoms in total. The average Bonchev–Trinajstić information content (AvgIpc) is 2.54. The molecular weight excluding hydrogens is 348 g/mol. The number of nitrogens with zero attached hydrogens (tertiary/aromatic N) is 2. The van der Waals surface area contributed by atoms with Gasteiger partial charge in [-0.1, -0.05) is 45.0 Å². The Morgan fingerprint density at radius 2 is 1.61 bits per heavy atom. The first-order valence-corrected chi connectivity index (χ1v) is 10.5. The Hall–Kier alpha value is -1.91. The lowest BCUT2D eigenvalue weighted by Gasteiger charge is -2.31. The third kappa shape index (κ3) is 7.25. The highest BCUT2D eigenvalue weighted by atomic mass is 16.2. The molecule has 1 aromatic carbocycles. The lowest BCUT2D eigenvalue weighted by atomic mass is 9.86. The van der Waals surface area contributed by atoms with Gasteiger partial charge in [0.15, 0.2) is 5.66 Å². The number of aryl methyl sites for hydroxylation is 1. The van der Waals surface area contributed by atoms with E-state index in [2.05, 4.69) is 65.9 Å². The van der Waals surface area contributed by atoms with Crippen molar-refractivity contribution in [1.82, 2.24) is 10.6 Å². The highest BCUT2D eigenvalue weighted by Crippen LogP contribution is 2.24. The van der Waals surface area contributed by atoms with Gasteiger partial charge < -0.3 is 10.6 Å². The van der Waals surface area contributed by atoms with Gasteiger partial charge in [0, 0.05) is 6.04 Å². The molecular formula is C23H38N4O. The number of carbonyl (C=O) groups is 1. The number of carbonyl (C=O) groups excluding carboxylic acids is 1. The molecule has 0 heterocycles. The Labute approximate surface area is 170 Å². The number of benzene rings is 1. The summed E-state index contributed by atoms with van der Waals surface area (Å²) in [5.41, 5.74) is 1.71. The molecule has 0 spiro atoms. The van der Waals surface area contributed by atoms with Gasteiger partial charge in [-0.15, -0.1) is 0 Å². The van der Waals surface area contributed by atoms with Gasteiger partial charge in [0.1, 0.15) is 0 Å². The van der Waals surface area contributed by atoms with Gasteiger partial charge >= 0.3 is 6.03 Å². The zero-order valence-electron chi connectivity index (χ0n) is 18.7. The summed E-state index contributed by atoms with van der Waals surface area (Å²) in [7, 11) is 0. The zero-order valence-corrected chi connectivity index (χ0v) is 18.7. The summed E-state index contributed by atoms with van der Waals surface area (Å²) < 4.78 is 0. The van der Waals surface area contributed by atoms with Crippen molar-refractivity contribution in [2.45, 2.75) is 103 Å². The smallest absolute Gasteiger partial charge is 0.316 e. The Balaban J connectivity index is 2.05. The fourth-order valence-corrected chi connectivity index (χ4v) is 2.98. The fourth-order valence-electron chi connectivity index (χ4n) is 2.98. The Kier molecular flexibility index (Phi) is 6.89. The molecule has 2 amide bonds.